The summed E-state index contributed by atoms with van der Waals surface area (Å²) in [6.07, 6.45) is -1.47. The van der Waals surface area contributed by atoms with E-state index in [-0.39, 0.29) is 12.4 Å². The van der Waals surface area contributed by atoms with Gasteiger partial charge in [-0.05, 0) is 13.0 Å². The molecule has 2 aromatic heterocycles. The van der Waals surface area contributed by atoms with Gasteiger partial charge in [-0.25, -0.2) is 4.98 Å². The second-order valence-corrected chi connectivity index (χ2v) is 3.98. The van der Waals surface area contributed by atoms with Gasteiger partial charge in [0.1, 0.15) is 11.9 Å². The molecule has 7 nitrogen and oxygen atoms in total. The van der Waals surface area contributed by atoms with Crippen molar-refractivity contribution in [2.24, 2.45) is 0 Å². The average molecular weight is 288 g/mol. The number of alkyl halides is 3. The van der Waals surface area contributed by atoms with E-state index >= 15 is 0 Å². The molecule has 0 unspecified atom stereocenters. The summed E-state index contributed by atoms with van der Waals surface area (Å²) < 4.78 is 38.2. The van der Waals surface area contributed by atoms with Crippen LogP contribution in [0.3, 0.4) is 0 Å². The Morgan fingerprint density at radius 1 is 1.55 bits per heavy atom. The third-order valence-corrected chi connectivity index (χ3v) is 2.52. The average Bonchev–Trinajstić information content (AvgIpc) is 3.04. The number of aromatic amines is 1. The number of hydrogen-bond donors (Lipinski definition) is 2. The van der Waals surface area contributed by atoms with Crippen molar-refractivity contribution in [2.45, 2.75) is 25.7 Å². The van der Waals surface area contributed by atoms with Crippen molar-refractivity contribution >= 4 is 5.91 Å². The van der Waals surface area contributed by atoms with E-state index in [1.807, 2.05) is 0 Å². The lowest BCUT2D eigenvalue weighted by Gasteiger charge is -2.11. The summed E-state index contributed by atoms with van der Waals surface area (Å²) in [7, 11) is 0. The molecule has 0 radical (unpaired) electrons. The highest BCUT2D eigenvalue weighted by Crippen LogP contribution is 2.25. The summed E-state index contributed by atoms with van der Waals surface area (Å²) in [5.74, 6) is -1.72. The van der Waals surface area contributed by atoms with Crippen LogP contribution in [0.25, 0.3) is 0 Å². The number of carbonyl (C=O) groups is 1. The number of hydrogen-bond acceptors (Lipinski definition) is 4. The van der Waals surface area contributed by atoms with Crippen molar-refractivity contribution in [1.82, 2.24) is 30.3 Å². The minimum atomic E-state index is -4.61. The highest BCUT2D eigenvalue weighted by Gasteiger charge is 2.36. The monoisotopic (exact) mass is 288 g/mol. The normalized spacial score (nSPS) is 13.2. The van der Waals surface area contributed by atoms with Crippen molar-refractivity contribution in [2.75, 3.05) is 0 Å². The van der Waals surface area contributed by atoms with Gasteiger partial charge in [-0.1, -0.05) is 0 Å². The van der Waals surface area contributed by atoms with Crippen LogP contribution in [0.5, 0.6) is 0 Å². The molecular weight excluding hydrogens is 277 g/mol. The Morgan fingerprint density at radius 3 is 2.85 bits per heavy atom. The van der Waals surface area contributed by atoms with Gasteiger partial charge in [-0.3, -0.25) is 14.6 Å². The molecule has 10 heteroatoms. The molecule has 2 rings (SSSR count). The fourth-order valence-corrected chi connectivity index (χ4v) is 1.45. The van der Waals surface area contributed by atoms with Gasteiger partial charge in [0.15, 0.2) is 0 Å². The molecule has 1 atom stereocenters. The zero-order chi connectivity index (χ0) is 14.8. The fraction of sp³-hybridized carbons (Fsp3) is 0.400. The number of rotatable bonds is 4. The van der Waals surface area contributed by atoms with Gasteiger partial charge in [-0.2, -0.15) is 18.3 Å². The van der Waals surface area contributed by atoms with E-state index in [1.165, 1.54) is 10.9 Å². The Labute approximate surface area is 111 Å². The first-order valence-corrected chi connectivity index (χ1v) is 5.63. The molecule has 0 saturated heterocycles. The minimum Gasteiger partial charge on any atom is -0.347 e. The molecule has 0 saturated carbocycles. The molecule has 2 aromatic rings. The summed E-state index contributed by atoms with van der Waals surface area (Å²) in [6, 6.07) is 1.09. The van der Waals surface area contributed by atoms with Crippen molar-refractivity contribution < 1.29 is 18.0 Å². The second kappa shape index (κ2) is 5.31. The number of aromatic nitrogens is 5. The molecule has 20 heavy (non-hydrogen) atoms. The summed E-state index contributed by atoms with van der Waals surface area (Å²) in [4.78, 5) is 15.0. The maximum absolute atomic E-state index is 12.3. The summed E-state index contributed by atoms with van der Waals surface area (Å²) >= 11 is 0. The van der Waals surface area contributed by atoms with E-state index < -0.39 is 23.9 Å². The van der Waals surface area contributed by atoms with Gasteiger partial charge in [0.25, 0.3) is 5.82 Å². The first kappa shape index (κ1) is 14.0. The predicted octanol–water partition coefficient (Wildman–Crippen LogP) is 0.897. The topological polar surface area (TPSA) is 88.5 Å². The molecule has 0 spiro atoms. The van der Waals surface area contributed by atoms with Crippen molar-refractivity contribution in [3.05, 3.63) is 30.1 Å². The standard InChI is InChI=1S/C10H11F3N6O/c1-6(19-4-2-3-15-19)8(20)14-5-7-16-9(18-17-7)10(11,12)13/h2-4,6H,5H2,1H3,(H,14,20)(H,16,17,18)/t6-/m0/s1. The minimum absolute atomic E-state index is 0.0710. The van der Waals surface area contributed by atoms with Gasteiger partial charge < -0.3 is 5.32 Å². The van der Waals surface area contributed by atoms with Crippen molar-refractivity contribution in [3.8, 4) is 0 Å². The number of carbonyl (C=O) groups excluding carboxylic acids is 1. The molecule has 0 aliphatic rings. The molecule has 0 aliphatic heterocycles. The lowest BCUT2D eigenvalue weighted by molar-refractivity contribution is -0.144. The molecule has 0 aliphatic carbocycles. The molecule has 0 bridgehead atoms. The van der Waals surface area contributed by atoms with Crippen LogP contribution in [-0.2, 0) is 17.5 Å². The van der Waals surface area contributed by atoms with Crippen LogP contribution in [0.4, 0.5) is 13.2 Å². The van der Waals surface area contributed by atoms with Crippen LogP contribution in [0.2, 0.25) is 0 Å². The van der Waals surface area contributed by atoms with Crippen molar-refractivity contribution in [1.29, 1.82) is 0 Å². The Bertz CT molecular complexity index is 576. The second-order valence-electron chi connectivity index (χ2n) is 3.98. The van der Waals surface area contributed by atoms with Crippen LogP contribution in [-0.4, -0.2) is 30.9 Å². The van der Waals surface area contributed by atoms with Gasteiger partial charge in [0.05, 0.1) is 6.54 Å². The van der Waals surface area contributed by atoms with Gasteiger partial charge in [-0.15, -0.1) is 5.10 Å². The largest absolute Gasteiger partial charge is 0.453 e. The number of nitrogens with zero attached hydrogens (tertiary/aromatic N) is 4. The molecule has 2 heterocycles. The fourth-order valence-electron chi connectivity index (χ4n) is 1.45. The van der Waals surface area contributed by atoms with Crippen LogP contribution in [0.15, 0.2) is 18.5 Å². The molecular formula is C10H11F3N6O. The van der Waals surface area contributed by atoms with E-state index in [1.54, 1.807) is 19.2 Å². The van der Waals surface area contributed by atoms with E-state index in [4.69, 9.17) is 0 Å². The quantitative estimate of drug-likeness (QED) is 0.874. The summed E-state index contributed by atoms with van der Waals surface area (Å²) in [6.45, 7) is 1.44. The van der Waals surface area contributed by atoms with E-state index in [2.05, 4.69) is 25.6 Å². The SMILES string of the molecule is C[C@@H](C(=O)NCc1nc(C(F)(F)F)n[nH]1)n1cccn1. The summed E-state index contributed by atoms with van der Waals surface area (Å²) in [5.41, 5.74) is 0. The Morgan fingerprint density at radius 2 is 2.30 bits per heavy atom. The first-order chi connectivity index (χ1) is 9.38. The third-order valence-electron chi connectivity index (χ3n) is 2.52. The van der Waals surface area contributed by atoms with Crippen LogP contribution in [0.1, 0.15) is 24.6 Å². The molecule has 2 N–H and O–H groups in total. The lowest BCUT2D eigenvalue weighted by Crippen LogP contribution is -2.31. The smallest absolute Gasteiger partial charge is 0.347 e. The van der Waals surface area contributed by atoms with Crippen LogP contribution >= 0.6 is 0 Å². The Hall–Kier alpha value is -2.39. The lowest BCUT2D eigenvalue weighted by atomic mass is 10.3. The molecule has 108 valence electrons. The van der Waals surface area contributed by atoms with E-state index in [0.717, 1.165) is 0 Å². The van der Waals surface area contributed by atoms with E-state index in [0.29, 0.717) is 0 Å². The predicted molar refractivity (Wildman–Crippen MR) is 60.2 cm³/mol. The highest BCUT2D eigenvalue weighted by molar-refractivity contribution is 5.79. The van der Waals surface area contributed by atoms with Gasteiger partial charge in [0.2, 0.25) is 5.91 Å². The summed E-state index contributed by atoms with van der Waals surface area (Å²) in [5, 5.41) is 11.5. The van der Waals surface area contributed by atoms with Crippen LogP contribution < -0.4 is 5.32 Å². The first-order valence-electron chi connectivity index (χ1n) is 5.63. The molecule has 0 aromatic carbocycles. The maximum atomic E-state index is 12.3. The number of H-pyrrole nitrogens is 1. The number of nitrogens with one attached hydrogen (secondary N) is 2. The number of amides is 1. The maximum Gasteiger partial charge on any atom is 0.453 e. The van der Waals surface area contributed by atoms with Gasteiger partial charge in [0, 0.05) is 12.4 Å². The third kappa shape index (κ3) is 3.13. The Balaban J connectivity index is 1.92. The van der Waals surface area contributed by atoms with Crippen LogP contribution in [0, 0.1) is 0 Å². The van der Waals surface area contributed by atoms with Gasteiger partial charge >= 0.3 is 6.18 Å². The Kier molecular flexibility index (Phi) is 3.72. The molecule has 0 fully saturated rings. The zero-order valence-corrected chi connectivity index (χ0v) is 10.3. The number of halogens is 3. The molecule has 1 amide bonds. The van der Waals surface area contributed by atoms with E-state index in [9.17, 15) is 18.0 Å². The zero-order valence-electron chi connectivity index (χ0n) is 10.3. The highest BCUT2D eigenvalue weighted by atomic mass is 19.4. The van der Waals surface area contributed by atoms with Crippen molar-refractivity contribution in [3.63, 3.8) is 0 Å².